The second-order valence-electron chi connectivity index (χ2n) is 6.57. The Balaban J connectivity index is 1.44. The van der Waals surface area contributed by atoms with Gasteiger partial charge in [-0.1, -0.05) is 23.9 Å². The van der Waals surface area contributed by atoms with Crippen LogP contribution in [0.2, 0.25) is 0 Å². The largest absolute Gasteiger partial charge is 0.416 e. The Kier molecular flexibility index (Phi) is 4.67. The Bertz CT molecular complexity index is 935. The highest BCUT2D eigenvalue weighted by Gasteiger charge is 2.28. The standard InChI is InChI=1S/C18H21N5O2S/c1-12-20-21-18(25-12)26-11-16(24)23-9-5-6-13(10-23)17-19-14-7-3-4-8-15(14)22(17)2/h3-4,7-8,13H,5-6,9-11H2,1-2H3/t13-/m0/s1. The number of thioether (sulfide) groups is 1. The molecular formula is C18H21N5O2S. The minimum Gasteiger partial charge on any atom is -0.416 e. The van der Waals surface area contributed by atoms with E-state index in [9.17, 15) is 4.79 Å². The van der Waals surface area contributed by atoms with Gasteiger partial charge in [0.2, 0.25) is 11.8 Å². The van der Waals surface area contributed by atoms with E-state index in [2.05, 4.69) is 27.9 Å². The molecule has 3 aromatic rings. The van der Waals surface area contributed by atoms with E-state index < -0.39 is 0 Å². The van der Waals surface area contributed by atoms with E-state index in [1.54, 1.807) is 6.92 Å². The van der Waals surface area contributed by atoms with Crippen molar-refractivity contribution in [2.75, 3.05) is 18.8 Å². The summed E-state index contributed by atoms with van der Waals surface area (Å²) in [5.74, 6) is 2.26. The van der Waals surface area contributed by atoms with Crippen LogP contribution in [-0.4, -0.2) is 49.4 Å². The first kappa shape index (κ1) is 17.1. The third-order valence-electron chi connectivity index (χ3n) is 4.79. The normalized spacial score (nSPS) is 17.8. The molecule has 3 heterocycles. The fourth-order valence-corrected chi connectivity index (χ4v) is 4.20. The van der Waals surface area contributed by atoms with Gasteiger partial charge in [-0.2, -0.15) is 0 Å². The maximum Gasteiger partial charge on any atom is 0.277 e. The van der Waals surface area contributed by atoms with E-state index in [4.69, 9.17) is 9.40 Å². The molecule has 0 saturated carbocycles. The van der Waals surface area contributed by atoms with Gasteiger partial charge in [-0.3, -0.25) is 4.79 Å². The maximum atomic E-state index is 12.6. The molecule has 1 saturated heterocycles. The SMILES string of the molecule is Cc1nnc(SCC(=O)N2CCC[C@H](c3nc4ccccc4n3C)C2)o1. The summed E-state index contributed by atoms with van der Waals surface area (Å²) < 4.78 is 7.47. The van der Waals surface area contributed by atoms with Crippen molar-refractivity contribution in [3.8, 4) is 0 Å². The molecule has 1 atom stereocenters. The molecule has 1 aliphatic heterocycles. The highest BCUT2D eigenvalue weighted by atomic mass is 32.2. The zero-order valence-corrected chi connectivity index (χ0v) is 15.7. The number of piperidine rings is 1. The van der Waals surface area contributed by atoms with Gasteiger partial charge in [0.25, 0.3) is 5.22 Å². The molecule has 2 aromatic heterocycles. The number of aromatic nitrogens is 4. The molecule has 26 heavy (non-hydrogen) atoms. The summed E-state index contributed by atoms with van der Waals surface area (Å²) in [6.45, 7) is 3.24. The molecule has 8 heteroatoms. The van der Waals surface area contributed by atoms with Gasteiger partial charge >= 0.3 is 0 Å². The van der Waals surface area contributed by atoms with E-state index in [1.165, 1.54) is 11.8 Å². The van der Waals surface area contributed by atoms with Crippen molar-refractivity contribution in [1.82, 2.24) is 24.6 Å². The third-order valence-corrected chi connectivity index (χ3v) is 5.59. The first-order valence-corrected chi connectivity index (χ1v) is 9.72. The number of carbonyl (C=O) groups is 1. The predicted octanol–water partition coefficient (Wildman–Crippen LogP) is 2.76. The van der Waals surface area contributed by atoms with Gasteiger partial charge in [-0.25, -0.2) is 4.98 Å². The van der Waals surface area contributed by atoms with Gasteiger partial charge in [0.15, 0.2) is 0 Å². The minimum atomic E-state index is 0.106. The summed E-state index contributed by atoms with van der Waals surface area (Å²) >= 11 is 1.29. The zero-order valence-electron chi connectivity index (χ0n) is 14.9. The number of carbonyl (C=O) groups excluding carboxylic acids is 1. The molecular weight excluding hydrogens is 350 g/mol. The topological polar surface area (TPSA) is 77.1 Å². The van der Waals surface area contributed by atoms with Crippen LogP contribution in [0.3, 0.4) is 0 Å². The van der Waals surface area contributed by atoms with Crippen LogP contribution in [0, 0.1) is 6.92 Å². The van der Waals surface area contributed by atoms with E-state index in [-0.39, 0.29) is 11.8 Å². The van der Waals surface area contributed by atoms with Crippen molar-refractivity contribution >= 4 is 28.7 Å². The fourth-order valence-electron chi connectivity index (χ4n) is 3.50. The number of likely N-dealkylation sites (tertiary alicyclic amines) is 1. The molecule has 0 unspecified atom stereocenters. The van der Waals surface area contributed by atoms with Gasteiger partial charge in [0.05, 0.1) is 16.8 Å². The van der Waals surface area contributed by atoms with Crippen molar-refractivity contribution < 1.29 is 9.21 Å². The maximum absolute atomic E-state index is 12.6. The molecule has 0 radical (unpaired) electrons. The van der Waals surface area contributed by atoms with Crippen molar-refractivity contribution in [2.45, 2.75) is 30.9 Å². The number of aryl methyl sites for hydroxylation is 2. The molecule has 0 spiro atoms. The Morgan fingerprint density at radius 3 is 2.96 bits per heavy atom. The fraction of sp³-hybridized carbons (Fsp3) is 0.444. The molecule has 1 aliphatic rings. The Hall–Kier alpha value is -2.35. The number of para-hydroxylation sites is 2. The van der Waals surface area contributed by atoms with Crippen molar-refractivity contribution in [3.05, 3.63) is 36.0 Å². The summed E-state index contributed by atoms with van der Waals surface area (Å²) in [4.78, 5) is 19.3. The van der Waals surface area contributed by atoms with Crippen LogP contribution >= 0.6 is 11.8 Å². The number of imidazole rings is 1. The lowest BCUT2D eigenvalue weighted by molar-refractivity contribution is -0.129. The van der Waals surface area contributed by atoms with Gasteiger partial charge in [0, 0.05) is 33.0 Å². The molecule has 4 rings (SSSR count). The Morgan fingerprint density at radius 1 is 1.35 bits per heavy atom. The van der Waals surface area contributed by atoms with Crippen LogP contribution in [0.1, 0.15) is 30.5 Å². The number of amides is 1. The molecule has 0 bridgehead atoms. The van der Waals surface area contributed by atoms with E-state index in [1.807, 2.05) is 23.1 Å². The molecule has 136 valence electrons. The number of nitrogens with zero attached hydrogens (tertiary/aromatic N) is 5. The van der Waals surface area contributed by atoms with Crippen molar-refractivity contribution in [3.63, 3.8) is 0 Å². The van der Waals surface area contributed by atoms with Crippen LogP contribution in [0.5, 0.6) is 0 Å². The summed E-state index contributed by atoms with van der Waals surface area (Å²) in [5.41, 5.74) is 2.14. The lowest BCUT2D eigenvalue weighted by Crippen LogP contribution is -2.40. The molecule has 0 aliphatic carbocycles. The quantitative estimate of drug-likeness (QED) is 0.656. The molecule has 1 fully saturated rings. The number of benzene rings is 1. The lowest BCUT2D eigenvalue weighted by Gasteiger charge is -2.32. The average Bonchev–Trinajstić information content (AvgIpc) is 3.23. The van der Waals surface area contributed by atoms with Crippen LogP contribution in [0.4, 0.5) is 0 Å². The monoisotopic (exact) mass is 371 g/mol. The molecule has 7 nitrogen and oxygen atoms in total. The summed E-state index contributed by atoms with van der Waals surface area (Å²) in [7, 11) is 2.05. The second kappa shape index (κ2) is 7.11. The lowest BCUT2D eigenvalue weighted by atomic mass is 9.97. The summed E-state index contributed by atoms with van der Waals surface area (Å²) in [5, 5.41) is 8.15. The van der Waals surface area contributed by atoms with Gasteiger partial charge in [-0.05, 0) is 25.0 Å². The van der Waals surface area contributed by atoms with Gasteiger partial charge < -0.3 is 13.9 Å². The zero-order chi connectivity index (χ0) is 18.1. The molecule has 1 aromatic carbocycles. The first-order chi connectivity index (χ1) is 12.6. The van der Waals surface area contributed by atoms with Crippen LogP contribution in [0.15, 0.2) is 33.9 Å². The number of fused-ring (bicyclic) bond motifs is 1. The highest BCUT2D eigenvalue weighted by Crippen LogP contribution is 2.29. The first-order valence-electron chi connectivity index (χ1n) is 8.74. The number of hydrogen-bond donors (Lipinski definition) is 0. The smallest absolute Gasteiger partial charge is 0.277 e. The van der Waals surface area contributed by atoms with Crippen molar-refractivity contribution in [2.24, 2.45) is 7.05 Å². The third kappa shape index (κ3) is 3.33. The van der Waals surface area contributed by atoms with Crippen LogP contribution in [-0.2, 0) is 11.8 Å². The van der Waals surface area contributed by atoms with E-state index >= 15 is 0 Å². The Morgan fingerprint density at radius 2 is 2.19 bits per heavy atom. The van der Waals surface area contributed by atoms with E-state index in [0.717, 1.165) is 36.2 Å². The van der Waals surface area contributed by atoms with E-state index in [0.29, 0.717) is 23.4 Å². The second-order valence-corrected chi connectivity index (χ2v) is 7.50. The van der Waals surface area contributed by atoms with Gasteiger partial charge in [0.1, 0.15) is 5.82 Å². The number of hydrogen-bond acceptors (Lipinski definition) is 6. The predicted molar refractivity (Wildman–Crippen MR) is 99.0 cm³/mol. The highest BCUT2D eigenvalue weighted by molar-refractivity contribution is 7.99. The van der Waals surface area contributed by atoms with Crippen molar-refractivity contribution in [1.29, 1.82) is 0 Å². The average molecular weight is 371 g/mol. The summed E-state index contributed by atoms with van der Waals surface area (Å²) in [6, 6.07) is 8.15. The Labute approximate surface area is 155 Å². The minimum absolute atomic E-state index is 0.106. The van der Waals surface area contributed by atoms with Crippen LogP contribution in [0.25, 0.3) is 11.0 Å². The molecule has 1 amide bonds. The van der Waals surface area contributed by atoms with Crippen LogP contribution < -0.4 is 0 Å². The van der Waals surface area contributed by atoms with Gasteiger partial charge in [-0.15, -0.1) is 10.2 Å². The molecule has 0 N–H and O–H groups in total. The number of rotatable bonds is 4. The summed E-state index contributed by atoms with van der Waals surface area (Å²) in [6.07, 6.45) is 2.04.